The van der Waals surface area contributed by atoms with Crippen LogP contribution >= 0.6 is 0 Å². The molecule has 0 fully saturated rings. The molecule has 1 aliphatic carbocycles. The molecule has 0 amide bonds. The summed E-state index contributed by atoms with van der Waals surface area (Å²) in [6.07, 6.45) is 3.96. The number of rotatable bonds is 3. The van der Waals surface area contributed by atoms with Crippen LogP contribution in [0.1, 0.15) is 6.42 Å². The van der Waals surface area contributed by atoms with Crippen molar-refractivity contribution < 1.29 is 30.7 Å². The molecule has 0 atom stereocenters. The van der Waals surface area contributed by atoms with Gasteiger partial charge in [-0.05, 0) is 23.7 Å². The summed E-state index contributed by atoms with van der Waals surface area (Å²) in [4.78, 5) is 4.98. The number of hydrogen-bond donors (Lipinski definition) is 2. The Bertz CT molecular complexity index is 1010. The minimum Gasteiger partial charge on any atom is -0.361 e. The van der Waals surface area contributed by atoms with E-state index in [9.17, 15) is 16.8 Å². The molecule has 0 radical (unpaired) electrons. The monoisotopic (exact) mass is 385 g/mol. The molecular weight excluding hydrogens is 374 g/mol. The average molecular weight is 385 g/mol. The van der Waals surface area contributed by atoms with Crippen LogP contribution in [-0.4, -0.2) is 36.4 Å². The Morgan fingerprint density at radius 3 is 1.92 bits per heavy atom. The summed E-state index contributed by atoms with van der Waals surface area (Å²) in [5, 5.41) is 3.23. The molecule has 2 rings (SSSR count). The molecule has 25 heavy (non-hydrogen) atoms. The SMILES string of the molecule is [N-]=[N+]=C1C=CC(S(=O)(=O)O)=CC1.[N-]=[N+]=Nc1ccc(S(=O)(=O)O)cc1. The van der Waals surface area contributed by atoms with Gasteiger partial charge in [0, 0.05) is 16.7 Å². The lowest BCUT2D eigenvalue weighted by Crippen LogP contribution is -2.05. The van der Waals surface area contributed by atoms with Crippen LogP contribution in [0.15, 0.2) is 57.4 Å². The molecule has 0 saturated carbocycles. The lowest BCUT2D eigenvalue weighted by molar-refractivity contribution is -0.00538. The summed E-state index contributed by atoms with van der Waals surface area (Å²) in [5.41, 5.74) is 17.0. The van der Waals surface area contributed by atoms with Gasteiger partial charge in [0.15, 0.2) is 0 Å². The van der Waals surface area contributed by atoms with Crippen molar-refractivity contribution >= 4 is 31.6 Å². The third kappa shape index (κ3) is 6.69. The fourth-order valence-electron chi connectivity index (χ4n) is 1.52. The maximum atomic E-state index is 10.6. The molecule has 11 nitrogen and oxygen atoms in total. The van der Waals surface area contributed by atoms with E-state index in [0.717, 1.165) is 12.1 Å². The van der Waals surface area contributed by atoms with Gasteiger partial charge in [0.2, 0.25) is 0 Å². The number of benzene rings is 1. The molecule has 0 aliphatic heterocycles. The van der Waals surface area contributed by atoms with E-state index in [2.05, 4.69) is 14.8 Å². The van der Waals surface area contributed by atoms with Crippen LogP contribution in [0.25, 0.3) is 16.0 Å². The topological polar surface area (TPSA) is 194 Å². The molecule has 0 bridgehead atoms. The average Bonchev–Trinajstić information content (AvgIpc) is 2.55. The van der Waals surface area contributed by atoms with Crippen molar-refractivity contribution in [2.45, 2.75) is 11.3 Å². The van der Waals surface area contributed by atoms with Crippen molar-refractivity contribution in [1.82, 2.24) is 0 Å². The van der Waals surface area contributed by atoms with E-state index in [0.29, 0.717) is 5.71 Å². The van der Waals surface area contributed by atoms with Gasteiger partial charge in [-0.3, -0.25) is 9.11 Å². The maximum absolute atomic E-state index is 10.6. The molecule has 0 unspecified atom stereocenters. The molecule has 132 valence electrons. The van der Waals surface area contributed by atoms with Crippen LogP contribution in [-0.2, 0) is 20.2 Å². The number of nitrogens with zero attached hydrogens (tertiary/aromatic N) is 5. The van der Waals surface area contributed by atoms with E-state index in [-0.39, 0.29) is 21.9 Å². The van der Waals surface area contributed by atoms with E-state index < -0.39 is 20.2 Å². The zero-order chi connectivity index (χ0) is 19.1. The quantitative estimate of drug-likeness (QED) is 0.346. The van der Waals surface area contributed by atoms with Gasteiger partial charge in [0.05, 0.1) is 16.2 Å². The second kappa shape index (κ2) is 8.35. The summed E-state index contributed by atoms with van der Waals surface area (Å²) in [6, 6.07) is 4.89. The molecular formula is C12H11N5O6S2. The highest BCUT2D eigenvalue weighted by Crippen LogP contribution is 2.16. The van der Waals surface area contributed by atoms with Gasteiger partial charge in [0.25, 0.3) is 25.9 Å². The largest absolute Gasteiger partial charge is 0.361 e. The first kappa shape index (κ1) is 20.3. The van der Waals surface area contributed by atoms with Crippen molar-refractivity contribution in [3.63, 3.8) is 0 Å². The van der Waals surface area contributed by atoms with Crippen molar-refractivity contribution in [3.8, 4) is 0 Å². The van der Waals surface area contributed by atoms with Crippen molar-refractivity contribution in [1.29, 1.82) is 0 Å². The van der Waals surface area contributed by atoms with Crippen LogP contribution in [0.3, 0.4) is 0 Å². The Labute approximate surface area is 142 Å². The minimum absolute atomic E-state index is 0.171. The molecule has 1 aromatic rings. The van der Waals surface area contributed by atoms with Gasteiger partial charge in [-0.1, -0.05) is 23.3 Å². The van der Waals surface area contributed by atoms with Crippen molar-refractivity contribution in [2.24, 2.45) is 5.11 Å². The predicted octanol–water partition coefficient (Wildman–Crippen LogP) is 2.26. The van der Waals surface area contributed by atoms with Crippen LogP contribution in [0, 0.1) is 0 Å². The third-order valence-corrected chi connectivity index (χ3v) is 4.44. The second-order valence-corrected chi connectivity index (χ2v) is 7.21. The normalized spacial score (nSPS) is 13.7. The Balaban J connectivity index is 0.000000251. The first-order chi connectivity index (χ1) is 11.6. The summed E-state index contributed by atoms with van der Waals surface area (Å²) >= 11 is 0. The van der Waals surface area contributed by atoms with Gasteiger partial charge in [0.1, 0.15) is 0 Å². The summed E-state index contributed by atoms with van der Waals surface area (Å²) in [5.74, 6) is 0. The Morgan fingerprint density at radius 1 is 0.960 bits per heavy atom. The molecule has 1 aliphatic rings. The minimum atomic E-state index is -4.17. The zero-order valence-electron chi connectivity index (χ0n) is 12.3. The van der Waals surface area contributed by atoms with Gasteiger partial charge < -0.3 is 5.53 Å². The van der Waals surface area contributed by atoms with Gasteiger partial charge in [-0.25, -0.2) is 0 Å². The first-order valence-corrected chi connectivity index (χ1v) is 9.15. The molecule has 1 aromatic carbocycles. The molecule has 0 aromatic heterocycles. The van der Waals surface area contributed by atoms with Gasteiger partial charge in [-0.2, -0.15) is 21.6 Å². The number of allylic oxidation sites excluding steroid dienone is 3. The zero-order valence-corrected chi connectivity index (χ0v) is 14.0. The molecule has 13 heteroatoms. The number of hydrogen-bond acceptors (Lipinski definition) is 5. The smallest absolute Gasteiger partial charge is 0.295 e. The highest BCUT2D eigenvalue weighted by atomic mass is 32.2. The lowest BCUT2D eigenvalue weighted by Gasteiger charge is -1.99. The van der Waals surface area contributed by atoms with Crippen molar-refractivity contribution in [3.05, 3.63) is 63.4 Å². The lowest BCUT2D eigenvalue weighted by atomic mass is 10.2. The van der Waals surface area contributed by atoms with Gasteiger partial charge in [-0.15, -0.1) is 0 Å². The molecule has 0 spiro atoms. The Kier molecular flexibility index (Phi) is 6.77. The van der Waals surface area contributed by atoms with E-state index in [1.165, 1.54) is 30.4 Å². The Hall–Kier alpha value is -2.79. The fourth-order valence-corrected chi connectivity index (χ4v) is 2.54. The highest BCUT2D eigenvalue weighted by Gasteiger charge is 2.16. The number of azide groups is 1. The molecule has 0 heterocycles. The van der Waals surface area contributed by atoms with Crippen LogP contribution in [0.5, 0.6) is 0 Å². The van der Waals surface area contributed by atoms with E-state index in [1.807, 2.05) is 0 Å². The van der Waals surface area contributed by atoms with E-state index >= 15 is 0 Å². The van der Waals surface area contributed by atoms with Gasteiger partial charge >= 0.3 is 0 Å². The van der Waals surface area contributed by atoms with Crippen LogP contribution in [0.4, 0.5) is 5.69 Å². The standard InChI is InChI=1S/C6H5N3O3S.C6H6N2O3S/c7-9-8-5-1-3-6(4-2-5)13(10,11)12;7-8-5-1-3-6(4-2-5)12(9,10)11/h1-4H,(H,10,11,12);1,3-4H,2H2,(H,9,10,11). The fraction of sp³-hybridized carbons (Fsp3) is 0.0833. The third-order valence-electron chi connectivity index (χ3n) is 2.67. The van der Waals surface area contributed by atoms with Crippen molar-refractivity contribution in [2.75, 3.05) is 0 Å². The van der Waals surface area contributed by atoms with E-state index in [4.69, 9.17) is 20.2 Å². The summed E-state index contributed by atoms with van der Waals surface area (Å²) < 4.78 is 59.3. The van der Waals surface area contributed by atoms with Crippen LogP contribution in [0.2, 0.25) is 0 Å². The molecule has 2 N–H and O–H groups in total. The Morgan fingerprint density at radius 2 is 1.56 bits per heavy atom. The van der Waals surface area contributed by atoms with Crippen LogP contribution < -0.4 is 0 Å². The first-order valence-electron chi connectivity index (χ1n) is 6.27. The molecule has 0 saturated heterocycles. The summed E-state index contributed by atoms with van der Waals surface area (Å²) in [6.45, 7) is 0. The predicted molar refractivity (Wildman–Crippen MR) is 87.1 cm³/mol. The highest BCUT2D eigenvalue weighted by molar-refractivity contribution is 7.90. The maximum Gasteiger partial charge on any atom is 0.295 e. The second-order valence-electron chi connectivity index (χ2n) is 4.37. The van der Waals surface area contributed by atoms with E-state index in [1.54, 1.807) is 0 Å². The summed E-state index contributed by atoms with van der Waals surface area (Å²) in [7, 11) is -8.29.